The van der Waals surface area contributed by atoms with Crippen LogP contribution in [0.25, 0.3) is 10.4 Å². The normalized spacial score (nSPS) is 30.3. The first-order valence-electron chi connectivity index (χ1n) is 6.59. The zero-order chi connectivity index (χ0) is 12.4. The van der Waals surface area contributed by atoms with Gasteiger partial charge in [0.25, 0.3) is 0 Å². The highest BCUT2D eigenvalue weighted by atomic mass is 15.2. The predicted octanol–water partition coefficient (Wildman–Crippen LogP) is 3.21. The second-order valence-electron chi connectivity index (χ2n) is 5.64. The van der Waals surface area contributed by atoms with E-state index in [4.69, 9.17) is 5.53 Å². The molecule has 2 aliphatic rings. The third kappa shape index (κ3) is 1.98. The van der Waals surface area contributed by atoms with E-state index in [1.807, 2.05) is 0 Å². The highest BCUT2D eigenvalue weighted by Gasteiger charge is 2.51. The Morgan fingerprint density at radius 2 is 2.22 bits per heavy atom. The molecule has 1 aliphatic heterocycles. The van der Waals surface area contributed by atoms with Gasteiger partial charge in [-0.15, -0.1) is 0 Å². The summed E-state index contributed by atoms with van der Waals surface area (Å²) in [5.41, 5.74) is 10.2. The van der Waals surface area contributed by atoms with Gasteiger partial charge in [-0.2, -0.15) is 0 Å². The van der Waals surface area contributed by atoms with Crippen molar-refractivity contribution in [3.63, 3.8) is 0 Å². The molecular formula is C14H18N4. The Labute approximate surface area is 107 Å². The number of likely N-dealkylation sites (tertiary alicyclic amines) is 1. The molecule has 0 N–H and O–H groups in total. The summed E-state index contributed by atoms with van der Waals surface area (Å²) in [6.07, 6.45) is 2.52. The fraction of sp³-hybridized carbons (Fsp3) is 0.571. The van der Waals surface area contributed by atoms with Crippen molar-refractivity contribution in [2.75, 3.05) is 19.6 Å². The van der Waals surface area contributed by atoms with Crippen molar-refractivity contribution in [1.82, 2.24) is 4.90 Å². The van der Waals surface area contributed by atoms with E-state index < -0.39 is 0 Å². The first-order chi connectivity index (χ1) is 8.82. The van der Waals surface area contributed by atoms with Gasteiger partial charge in [0.1, 0.15) is 0 Å². The third-order valence-corrected chi connectivity index (χ3v) is 4.57. The SMILES string of the molecule is [N-]=[N+]=NCC12CCC1CN(Cc1ccccc1)C2. The number of nitrogens with zero attached hydrogens (tertiary/aromatic N) is 4. The predicted molar refractivity (Wildman–Crippen MR) is 70.9 cm³/mol. The number of benzene rings is 1. The molecule has 2 fully saturated rings. The monoisotopic (exact) mass is 242 g/mol. The lowest BCUT2D eigenvalue weighted by Crippen LogP contribution is -2.41. The van der Waals surface area contributed by atoms with Gasteiger partial charge in [0.15, 0.2) is 0 Å². The Morgan fingerprint density at radius 3 is 2.89 bits per heavy atom. The molecule has 94 valence electrons. The lowest BCUT2D eigenvalue weighted by atomic mass is 9.62. The van der Waals surface area contributed by atoms with E-state index in [1.165, 1.54) is 18.4 Å². The zero-order valence-corrected chi connectivity index (χ0v) is 10.5. The molecule has 4 nitrogen and oxygen atoms in total. The van der Waals surface area contributed by atoms with Gasteiger partial charge in [-0.25, -0.2) is 0 Å². The summed E-state index contributed by atoms with van der Waals surface area (Å²) >= 11 is 0. The Bertz CT molecular complexity index is 466. The molecule has 0 spiro atoms. The second-order valence-corrected chi connectivity index (χ2v) is 5.64. The minimum absolute atomic E-state index is 0.293. The van der Waals surface area contributed by atoms with Gasteiger partial charge in [-0.1, -0.05) is 35.4 Å². The molecule has 4 heteroatoms. The first kappa shape index (κ1) is 11.6. The third-order valence-electron chi connectivity index (χ3n) is 4.57. The average molecular weight is 242 g/mol. The zero-order valence-electron chi connectivity index (χ0n) is 10.5. The fourth-order valence-corrected chi connectivity index (χ4v) is 3.46. The second kappa shape index (κ2) is 4.63. The summed E-state index contributed by atoms with van der Waals surface area (Å²) in [4.78, 5) is 5.44. The lowest BCUT2D eigenvalue weighted by molar-refractivity contribution is 0.0945. The minimum atomic E-state index is 0.293. The van der Waals surface area contributed by atoms with E-state index in [9.17, 15) is 0 Å². The van der Waals surface area contributed by atoms with Crippen molar-refractivity contribution in [2.45, 2.75) is 19.4 Å². The van der Waals surface area contributed by atoms with Gasteiger partial charge in [0.2, 0.25) is 0 Å². The van der Waals surface area contributed by atoms with E-state index >= 15 is 0 Å². The largest absolute Gasteiger partial charge is 0.298 e. The molecule has 1 saturated carbocycles. The van der Waals surface area contributed by atoms with Crippen molar-refractivity contribution in [2.24, 2.45) is 16.4 Å². The fourth-order valence-electron chi connectivity index (χ4n) is 3.46. The van der Waals surface area contributed by atoms with E-state index in [2.05, 4.69) is 45.3 Å². The Kier molecular flexibility index (Phi) is 2.98. The van der Waals surface area contributed by atoms with Crippen molar-refractivity contribution in [3.05, 3.63) is 46.3 Å². The van der Waals surface area contributed by atoms with Gasteiger partial charge < -0.3 is 0 Å². The number of hydrogen-bond donors (Lipinski definition) is 0. The minimum Gasteiger partial charge on any atom is -0.298 e. The van der Waals surface area contributed by atoms with E-state index in [1.54, 1.807) is 0 Å². The number of fused-ring (bicyclic) bond motifs is 1. The van der Waals surface area contributed by atoms with Crippen LogP contribution in [0.3, 0.4) is 0 Å². The van der Waals surface area contributed by atoms with Crippen LogP contribution in [-0.4, -0.2) is 24.5 Å². The standard InChI is InChI=1S/C14H18N4/c15-17-16-10-14-7-6-13(14)9-18(11-14)8-12-4-2-1-3-5-12/h1-5,13H,6-11H2. The summed E-state index contributed by atoms with van der Waals surface area (Å²) in [5.74, 6) is 0.742. The van der Waals surface area contributed by atoms with Crippen LogP contribution in [0.2, 0.25) is 0 Å². The maximum atomic E-state index is 8.50. The van der Waals surface area contributed by atoms with Gasteiger partial charge in [-0.3, -0.25) is 4.90 Å². The van der Waals surface area contributed by atoms with E-state index in [-0.39, 0.29) is 0 Å². The summed E-state index contributed by atoms with van der Waals surface area (Å²) in [5, 5.41) is 3.82. The molecule has 18 heavy (non-hydrogen) atoms. The number of hydrogen-bond acceptors (Lipinski definition) is 2. The highest BCUT2D eigenvalue weighted by molar-refractivity contribution is 5.15. The van der Waals surface area contributed by atoms with Crippen LogP contribution < -0.4 is 0 Å². The van der Waals surface area contributed by atoms with Crippen LogP contribution in [0.5, 0.6) is 0 Å². The molecule has 2 atom stereocenters. The van der Waals surface area contributed by atoms with E-state index in [0.29, 0.717) is 12.0 Å². The smallest absolute Gasteiger partial charge is 0.0329 e. The van der Waals surface area contributed by atoms with Crippen LogP contribution in [0, 0.1) is 11.3 Å². The number of azide groups is 1. The Morgan fingerprint density at radius 1 is 1.39 bits per heavy atom. The highest BCUT2D eigenvalue weighted by Crippen LogP contribution is 2.52. The van der Waals surface area contributed by atoms with Crippen LogP contribution in [0.1, 0.15) is 18.4 Å². The van der Waals surface area contributed by atoms with Gasteiger partial charge >= 0.3 is 0 Å². The van der Waals surface area contributed by atoms with Crippen molar-refractivity contribution >= 4 is 0 Å². The van der Waals surface area contributed by atoms with Gasteiger partial charge in [0.05, 0.1) is 0 Å². The molecular weight excluding hydrogens is 224 g/mol. The molecule has 0 amide bonds. The topological polar surface area (TPSA) is 52.0 Å². The van der Waals surface area contributed by atoms with Crippen molar-refractivity contribution < 1.29 is 0 Å². The molecule has 3 rings (SSSR count). The van der Waals surface area contributed by atoms with Crippen molar-refractivity contribution in [1.29, 1.82) is 0 Å². The average Bonchev–Trinajstić information content (AvgIpc) is 2.62. The summed E-state index contributed by atoms with van der Waals surface area (Å²) in [6, 6.07) is 10.6. The van der Waals surface area contributed by atoms with Crippen LogP contribution >= 0.6 is 0 Å². The molecule has 0 radical (unpaired) electrons. The lowest BCUT2D eigenvalue weighted by Gasteiger charge is -2.43. The van der Waals surface area contributed by atoms with E-state index in [0.717, 1.165) is 25.6 Å². The van der Waals surface area contributed by atoms with Crippen molar-refractivity contribution in [3.8, 4) is 0 Å². The molecule has 0 bridgehead atoms. The summed E-state index contributed by atoms with van der Waals surface area (Å²) in [7, 11) is 0. The molecule has 1 aliphatic carbocycles. The maximum Gasteiger partial charge on any atom is 0.0329 e. The molecule has 1 aromatic rings. The molecule has 0 aromatic heterocycles. The summed E-state index contributed by atoms with van der Waals surface area (Å²) in [6.45, 7) is 3.95. The van der Waals surface area contributed by atoms with Crippen LogP contribution in [-0.2, 0) is 6.54 Å². The Balaban J connectivity index is 1.66. The molecule has 1 aromatic carbocycles. The van der Waals surface area contributed by atoms with Gasteiger partial charge in [-0.05, 0) is 35.3 Å². The Hall–Kier alpha value is -1.51. The van der Waals surface area contributed by atoms with Crippen LogP contribution in [0.4, 0.5) is 0 Å². The summed E-state index contributed by atoms with van der Waals surface area (Å²) < 4.78 is 0. The number of rotatable bonds is 4. The van der Waals surface area contributed by atoms with Gasteiger partial charge in [0, 0.05) is 31.1 Å². The quantitative estimate of drug-likeness (QED) is 0.454. The van der Waals surface area contributed by atoms with Crippen LogP contribution in [0.15, 0.2) is 35.4 Å². The first-order valence-corrected chi connectivity index (χ1v) is 6.59. The molecule has 1 heterocycles. The maximum absolute atomic E-state index is 8.50. The molecule has 2 unspecified atom stereocenters. The molecule has 1 saturated heterocycles.